The van der Waals surface area contributed by atoms with Gasteiger partial charge in [0.15, 0.2) is 0 Å². The Morgan fingerprint density at radius 2 is 1.14 bits per heavy atom. The summed E-state index contributed by atoms with van der Waals surface area (Å²) in [6.45, 7) is 27.4. The van der Waals surface area contributed by atoms with E-state index in [1.807, 2.05) is 40.1 Å². The predicted octanol–water partition coefficient (Wildman–Crippen LogP) is 22.2. The number of unbranched alkanes of at least 4 members (excludes halogenated alkanes) is 9. The molecule has 1 aliphatic rings. The van der Waals surface area contributed by atoms with Crippen LogP contribution in [-0.2, 0) is 33.7 Å². The number of thiophene rings is 5. The molecule has 406 valence electrons. The zero-order valence-corrected chi connectivity index (χ0v) is 52.1. The van der Waals surface area contributed by atoms with Crippen LogP contribution in [0.3, 0.4) is 0 Å². The SMILES string of the molecule is C=CCCC(C)(CC)c1sc(-c2cc3c(-c4ccc(CC(CC)CCCC)s4)c4sc(C(C)(CC)CCCCC)cc4c(-c4ccc(CC(CC)CCCC)s4)c3s2)c2c1S(=O)(=O)N(CCCCCCCC)C2=O. The van der Waals surface area contributed by atoms with Crippen molar-refractivity contribution in [2.45, 2.75) is 239 Å². The molecule has 0 saturated carbocycles. The van der Waals surface area contributed by atoms with E-state index in [4.69, 9.17) is 0 Å². The second-order valence-corrected chi connectivity index (χ2v) is 29.7. The number of rotatable bonds is 33. The smallest absolute Gasteiger partial charge is 0.268 e. The number of benzene rings is 1. The molecule has 6 heterocycles. The van der Waals surface area contributed by atoms with Crippen molar-refractivity contribution in [1.82, 2.24) is 4.31 Å². The Hall–Kier alpha value is -2.60. The largest absolute Gasteiger partial charge is 0.270 e. The maximum absolute atomic E-state index is 15.1. The molecule has 7 rings (SSSR count). The third-order valence-electron chi connectivity index (χ3n) is 17.1. The zero-order valence-electron chi connectivity index (χ0n) is 47.2. The van der Waals surface area contributed by atoms with Gasteiger partial charge in [0.2, 0.25) is 0 Å². The summed E-state index contributed by atoms with van der Waals surface area (Å²) in [5.74, 6) is 1.00. The molecule has 1 aliphatic heterocycles. The lowest BCUT2D eigenvalue weighted by Crippen LogP contribution is -2.32. The summed E-state index contributed by atoms with van der Waals surface area (Å²) in [4.78, 5) is 25.1. The molecule has 0 fully saturated rings. The van der Waals surface area contributed by atoms with E-state index in [1.165, 1.54) is 143 Å². The van der Waals surface area contributed by atoms with Gasteiger partial charge in [0.1, 0.15) is 4.90 Å². The Morgan fingerprint density at radius 3 is 1.69 bits per heavy atom. The van der Waals surface area contributed by atoms with E-state index in [-0.39, 0.29) is 22.8 Å². The third kappa shape index (κ3) is 12.6. The fourth-order valence-corrected chi connectivity index (χ4v) is 20.6. The van der Waals surface area contributed by atoms with Gasteiger partial charge in [-0.2, -0.15) is 0 Å². The predicted molar refractivity (Wildman–Crippen MR) is 332 cm³/mol. The van der Waals surface area contributed by atoms with Gasteiger partial charge in [-0.1, -0.05) is 178 Å². The topological polar surface area (TPSA) is 54.5 Å². The van der Waals surface area contributed by atoms with Gasteiger partial charge in [-0.05, 0) is 99.6 Å². The van der Waals surface area contributed by atoms with Crippen molar-refractivity contribution in [3.05, 3.63) is 74.1 Å². The number of carbonyl (C=O) groups excluding carboxylic acids is 1. The highest BCUT2D eigenvalue weighted by Crippen LogP contribution is 2.58. The lowest BCUT2D eigenvalue weighted by Gasteiger charge is -2.28. The van der Waals surface area contributed by atoms with Gasteiger partial charge in [0.25, 0.3) is 15.9 Å². The van der Waals surface area contributed by atoms with Crippen LogP contribution < -0.4 is 0 Å². The van der Waals surface area contributed by atoms with Gasteiger partial charge in [-0.3, -0.25) is 4.79 Å². The minimum Gasteiger partial charge on any atom is -0.268 e. The highest BCUT2D eigenvalue weighted by Gasteiger charge is 2.49. The van der Waals surface area contributed by atoms with Crippen molar-refractivity contribution < 1.29 is 13.2 Å². The van der Waals surface area contributed by atoms with Crippen molar-refractivity contribution in [2.75, 3.05) is 6.54 Å². The Balaban J connectivity index is 1.52. The Kier molecular flexibility index (Phi) is 21.4. The average Bonchev–Trinajstić information content (AvgIpc) is 4.28. The summed E-state index contributed by atoms with van der Waals surface area (Å²) in [5.41, 5.74) is 2.65. The number of hydrogen-bond donors (Lipinski definition) is 0. The first-order chi connectivity index (χ1) is 35.7. The van der Waals surface area contributed by atoms with Gasteiger partial charge in [-0.25, -0.2) is 12.7 Å². The molecule has 6 aromatic rings. The Bertz CT molecular complexity index is 2790. The number of hydrogen-bond acceptors (Lipinski definition) is 8. The minimum atomic E-state index is -4.07. The lowest BCUT2D eigenvalue weighted by atomic mass is 9.80. The fourth-order valence-electron chi connectivity index (χ4n) is 11.5. The van der Waals surface area contributed by atoms with Crippen molar-refractivity contribution >= 4 is 92.8 Å². The first-order valence-corrected chi connectivity index (χ1v) is 34.8. The monoisotopic (exact) mass is 1110 g/mol. The van der Waals surface area contributed by atoms with E-state index in [0.717, 1.165) is 78.8 Å². The second kappa shape index (κ2) is 26.8. The first-order valence-electron chi connectivity index (χ1n) is 29.3. The molecule has 0 saturated heterocycles. The van der Waals surface area contributed by atoms with Crippen LogP contribution in [-0.4, -0.2) is 25.2 Å². The maximum atomic E-state index is 15.1. The molecule has 0 aliphatic carbocycles. The molecule has 4 unspecified atom stereocenters. The third-order valence-corrected chi connectivity index (χ3v) is 25.6. The summed E-state index contributed by atoms with van der Waals surface area (Å²) in [6.07, 6.45) is 28.4. The van der Waals surface area contributed by atoms with E-state index in [0.29, 0.717) is 23.8 Å². The zero-order chi connectivity index (χ0) is 53.2. The molecule has 0 spiro atoms. The molecule has 0 bridgehead atoms. The van der Waals surface area contributed by atoms with Crippen LogP contribution in [0.25, 0.3) is 50.8 Å². The van der Waals surface area contributed by atoms with Crippen molar-refractivity contribution in [3.63, 3.8) is 0 Å². The molecule has 10 heteroatoms. The highest BCUT2D eigenvalue weighted by molar-refractivity contribution is 7.90. The maximum Gasteiger partial charge on any atom is 0.270 e. The van der Waals surface area contributed by atoms with Crippen LogP contribution in [0, 0.1) is 11.8 Å². The minimum absolute atomic E-state index is 0.0626. The van der Waals surface area contributed by atoms with Gasteiger partial charge in [0, 0.05) is 82.8 Å². The molecule has 0 radical (unpaired) electrons. The van der Waals surface area contributed by atoms with Crippen LogP contribution in [0.5, 0.6) is 0 Å². The molecule has 4 nitrogen and oxygen atoms in total. The van der Waals surface area contributed by atoms with Crippen LogP contribution in [0.1, 0.15) is 240 Å². The van der Waals surface area contributed by atoms with Crippen LogP contribution in [0.4, 0.5) is 0 Å². The van der Waals surface area contributed by atoms with Crippen LogP contribution in [0.15, 0.2) is 53.9 Å². The molecule has 5 aromatic heterocycles. The number of sulfonamides is 1. The number of allylic oxidation sites excluding steroid dienone is 1. The first kappa shape index (κ1) is 59.1. The molecular weight excluding hydrogens is 1020 g/mol. The van der Waals surface area contributed by atoms with Gasteiger partial charge in [-0.15, -0.1) is 63.3 Å². The van der Waals surface area contributed by atoms with Crippen molar-refractivity contribution in [2.24, 2.45) is 11.8 Å². The highest BCUT2D eigenvalue weighted by atomic mass is 32.2. The summed E-state index contributed by atoms with van der Waals surface area (Å²) >= 11 is 9.37. The quantitative estimate of drug-likeness (QED) is 0.0305. The van der Waals surface area contributed by atoms with E-state index in [1.54, 1.807) is 22.7 Å². The van der Waals surface area contributed by atoms with Gasteiger partial charge in [0.05, 0.1) is 10.4 Å². The Labute approximate surface area is 468 Å². The molecule has 1 amide bonds. The second-order valence-electron chi connectivity index (χ2n) is 22.5. The molecule has 1 aromatic carbocycles. The van der Waals surface area contributed by atoms with Gasteiger partial charge >= 0.3 is 0 Å². The van der Waals surface area contributed by atoms with E-state index >= 15 is 13.2 Å². The summed E-state index contributed by atoms with van der Waals surface area (Å²) < 4.78 is 34.0. The normalized spacial score (nSPS) is 16.1. The molecule has 0 N–H and O–H groups in total. The van der Waals surface area contributed by atoms with E-state index < -0.39 is 15.4 Å². The fraction of sp³-hybridized carbons (Fsp3) is 0.609. The molecule has 4 atom stereocenters. The number of carbonyl (C=O) groups is 1. The lowest BCUT2D eigenvalue weighted by molar-refractivity contribution is 0.0870. The van der Waals surface area contributed by atoms with Crippen molar-refractivity contribution in [1.29, 1.82) is 0 Å². The Morgan fingerprint density at radius 1 is 0.595 bits per heavy atom. The summed E-state index contributed by atoms with van der Waals surface area (Å²) in [7, 11) is -4.07. The number of nitrogens with zero attached hydrogens (tertiary/aromatic N) is 1. The van der Waals surface area contributed by atoms with Crippen molar-refractivity contribution in [3.8, 4) is 30.6 Å². The van der Waals surface area contributed by atoms with E-state index in [9.17, 15) is 0 Å². The summed E-state index contributed by atoms with van der Waals surface area (Å²) in [5, 5.41) is 2.57. The van der Waals surface area contributed by atoms with E-state index in [2.05, 4.69) is 112 Å². The average molecular weight is 1110 g/mol. The van der Waals surface area contributed by atoms with Crippen LogP contribution >= 0.6 is 56.7 Å². The van der Waals surface area contributed by atoms with Crippen LogP contribution in [0.2, 0.25) is 0 Å². The molecular formula is C64H91NO3S6. The standard InChI is InChI=1S/C64H91NO3S6/c1-12-21-26-27-28-30-39-65-62(66)56-59(73-61(60(56)74(65,67)68)64(11,20-9)37-25-16-5)52-42-48-54(50-35-33-46(69-50)40-44(17-6)31-23-14-3)58-49(43-53(72-58)63(10,19-8)38-29-22-13-2)55(57(48)71-52)51-36-34-47(70-51)41-45(18-7)32-24-15-4/h16,33-36,42-45H,5,12-15,17-32,37-41H2,1-4,6-11H3. The number of fused-ring (bicyclic) bond motifs is 3. The number of amides is 1. The molecule has 74 heavy (non-hydrogen) atoms. The van der Waals surface area contributed by atoms with Gasteiger partial charge < -0.3 is 0 Å². The summed E-state index contributed by atoms with van der Waals surface area (Å²) in [6, 6.07) is 14.6.